The first kappa shape index (κ1) is 12.3. The predicted molar refractivity (Wildman–Crippen MR) is 76.4 cm³/mol. The highest BCUT2D eigenvalue weighted by atomic mass is 79.9. The van der Waals surface area contributed by atoms with Crippen molar-refractivity contribution >= 4 is 33.4 Å². The van der Waals surface area contributed by atoms with Crippen LogP contribution in [0, 0.1) is 0 Å². The molecule has 16 heavy (non-hydrogen) atoms. The minimum absolute atomic E-state index is 1.02. The van der Waals surface area contributed by atoms with Gasteiger partial charge in [-0.05, 0) is 28.1 Å². The Kier molecular flexibility index (Phi) is 5.00. The molecular formula is C12H17BrN2S. The van der Waals surface area contributed by atoms with Crippen LogP contribution in [-0.2, 0) is 0 Å². The van der Waals surface area contributed by atoms with Gasteiger partial charge in [-0.2, -0.15) is 11.8 Å². The summed E-state index contributed by atoms with van der Waals surface area (Å²) in [6, 6.07) is 8.28. The maximum Gasteiger partial charge on any atom is 0.0485 e. The Balaban J connectivity index is 1.73. The maximum atomic E-state index is 3.54. The molecule has 0 aliphatic carbocycles. The predicted octanol–water partition coefficient (Wildman–Crippen LogP) is 2.91. The SMILES string of the molecule is Brc1ccccc1NCCN1CCSCC1. The van der Waals surface area contributed by atoms with Crippen molar-refractivity contribution in [3.63, 3.8) is 0 Å². The maximum absolute atomic E-state index is 3.54. The van der Waals surface area contributed by atoms with Crippen molar-refractivity contribution in [3.05, 3.63) is 28.7 Å². The second-order valence-electron chi connectivity index (χ2n) is 3.86. The molecule has 0 spiro atoms. The van der Waals surface area contributed by atoms with E-state index in [2.05, 4.69) is 56.1 Å². The molecular weight excluding hydrogens is 284 g/mol. The largest absolute Gasteiger partial charge is 0.383 e. The number of nitrogens with one attached hydrogen (secondary N) is 1. The van der Waals surface area contributed by atoms with Crippen LogP contribution in [0.3, 0.4) is 0 Å². The number of hydrogen-bond acceptors (Lipinski definition) is 3. The van der Waals surface area contributed by atoms with Gasteiger partial charge in [0.2, 0.25) is 0 Å². The van der Waals surface area contributed by atoms with E-state index in [4.69, 9.17) is 0 Å². The Bertz CT molecular complexity index is 327. The molecule has 1 aromatic rings. The van der Waals surface area contributed by atoms with Gasteiger partial charge in [-0.25, -0.2) is 0 Å². The van der Waals surface area contributed by atoms with Crippen molar-refractivity contribution < 1.29 is 0 Å². The molecule has 0 bridgehead atoms. The van der Waals surface area contributed by atoms with Crippen LogP contribution in [0.15, 0.2) is 28.7 Å². The first-order chi connectivity index (χ1) is 7.86. The van der Waals surface area contributed by atoms with Crippen LogP contribution in [0.1, 0.15) is 0 Å². The third-order valence-corrected chi connectivity index (χ3v) is 4.36. The zero-order valence-electron chi connectivity index (χ0n) is 9.29. The molecule has 0 atom stereocenters. The van der Waals surface area contributed by atoms with Gasteiger partial charge in [0, 0.05) is 47.8 Å². The highest BCUT2D eigenvalue weighted by molar-refractivity contribution is 9.10. The van der Waals surface area contributed by atoms with Crippen LogP contribution in [0.2, 0.25) is 0 Å². The van der Waals surface area contributed by atoms with Gasteiger partial charge in [0.25, 0.3) is 0 Å². The Labute approximate surface area is 110 Å². The molecule has 1 aromatic carbocycles. The third-order valence-electron chi connectivity index (χ3n) is 2.72. The monoisotopic (exact) mass is 300 g/mol. The fourth-order valence-electron chi connectivity index (χ4n) is 1.78. The Morgan fingerprint density at radius 3 is 2.75 bits per heavy atom. The zero-order chi connectivity index (χ0) is 11.2. The summed E-state index contributed by atoms with van der Waals surface area (Å²) >= 11 is 5.60. The van der Waals surface area contributed by atoms with Gasteiger partial charge in [-0.15, -0.1) is 0 Å². The molecule has 1 fully saturated rings. The average molecular weight is 301 g/mol. The fourth-order valence-corrected chi connectivity index (χ4v) is 3.18. The van der Waals surface area contributed by atoms with Crippen LogP contribution in [0.4, 0.5) is 5.69 Å². The average Bonchev–Trinajstić information content (AvgIpc) is 2.33. The van der Waals surface area contributed by atoms with Crippen molar-refractivity contribution in [3.8, 4) is 0 Å². The number of para-hydroxylation sites is 1. The smallest absolute Gasteiger partial charge is 0.0485 e. The van der Waals surface area contributed by atoms with Crippen LogP contribution >= 0.6 is 27.7 Å². The number of thioether (sulfide) groups is 1. The molecule has 2 nitrogen and oxygen atoms in total. The van der Waals surface area contributed by atoms with Gasteiger partial charge in [-0.3, -0.25) is 4.90 Å². The molecule has 1 aliphatic rings. The summed E-state index contributed by atoms with van der Waals surface area (Å²) in [6.45, 7) is 4.64. The van der Waals surface area contributed by atoms with Crippen LogP contribution in [0.5, 0.6) is 0 Å². The molecule has 1 heterocycles. The molecule has 4 heteroatoms. The summed E-state index contributed by atoms with van der Waals surface area (Å²) in [5.41, 5.74) is 1.19. The summed E-state index contributed by atoms with van der Waals surface area (Å²) in [4.78, 5) is 2.53. The molecule has 0 saturated carbocycles. The molecule has 0 unspecified atom stereocenters. The van der Waals surface area contributed by atoms with E-state index < -0.39 is 0 Å². The van der Waals surface area contributed by atoms with E-state index in [1.807, 2.05) is 6.07 Å². The van der Waals surface area contributed by atoms with Crippen molar-refractivity contribution in [1.82, 2.24) is 4.90 Å². The van der Waals surface area contributed by atoms with Gasteiger partial charge in [0.1, 0.15) is 0 Å². The topological polar surface area (TPSA) is 15.3 Å². The van der Waals surface area contributed by atoms with Gasteiger partial charge >= 0.3 is 0 Å². The summed E-state index contributed by atoms with van der Waals surface area (Å²) in [7, 11) is 0. The Morgan fingerprint density at radius 1 is 1.25 bits per heavy atom. The standard InChI is InChI=1S/C12H17BrN2S/c13-11-3-1-2-4-12(11)14-5-6-15-7-9-16-10-8-15/h1-4,14H,5-10H2. The molecule has 1 N–H and O–H groups in total. The summed E-state index contributed by atoms with van der Waals surface area (Å²) in [5, 5.41) is 3.46. The van der Waals surface area contributed by atoms with E-state index in [0.29, 0.717) is 0 Å². The van der Waals surface area contributed by atoms with Gasteiger partial charge in [0.05, 0.1) is 0 Å². The summed E-state index contributed by atoms with van der Waals surface area (Å²) < 4.78 is 1.14. The van der Waals surface area contributed by atoms with E-state index in [9.17, 15) is 0 Å². The molecule has 0 radical (unpaired) electrons. The molecule has 88 valence electrons. The first-order valence-corrected chi connectivity index (χ1v) is 7.59. The number of rotatable bonds is 4. The van der Waals surface area contributed by atoms with E-state index in [-0.39, 0.29) is 0 Å². The van der Waals surface area contributed by atoms with Gasteiger partial charge in [-0.1, -0.05) is 12.1 Å². The zero-order valence-corrected chi connectivity index (χ0v) is 11.7. The lowest BCUT2D eigenvalue weighted by Gasteiger charge is -2.26. The minimum Gasteiger partial charge on any atom is -0.383 e. The highest BCUT2D eigenvalue weighted by Crippen LogP contribution is 2.20. The normalized spacial score (nSPS) is 17.3. The number of nitrogens with zero attached hydrogens (tertiary/aromatic N) is 1. The van der Waals surface area contributed by atoms with E-state index in [0.717, 1.165) is 17.6 Å². The quantitative estimate of drug-likeness (QED) is 0.920. The van der Waals surface area contributed by atoms with Crippen LogP contribution < -0.4 is 5.32 Å². The lowest BCUT2D eigenvalue weighted by atomic mass is 10.3. The number of benzene rings is 1. The van der Waals surface area contributed by atoms with Crippen LogP contribution in [0.25, 0.3) is 0 Å². The summed E-state index contributed by atoms with van der Waals surface area (Å²) in [5.74, 6) is 2.57. The lowest BCUT2D eigenvalue weighted by Crippen LogP contribution is -2.36. The molecule has 0 aromatic heterocycles. The van der Waals surface area contributed by atoms with Crippen LogP contribution in [-0.4, -0.2) is 42.6 Å². The molecule has 1 saturated heterocycles. The highest BCUT2D eigenvalue weighted by Gasteiger charge is 2.09. The molecule has 1 aliphatic heterocycles. The molecule has 2 rings (SSSR count). The van der Waals surface area contributed by atoms with E-state index in [1.54, 1.807) is 0 Å². The molecule has 0 amide bonds. The number of hydrogen-bond donors (Lipinski definition) is 1. The first-order valence-electron chi connectivity index (χ1n) is 5.65. The fraction of sp³-hybridized carbons (Fsp3) is 0.500. The summed E-state index contributed by atoms with van der Waals surface area (Å²) in [6.07, 6.45) is 0. The second-order valence-corrected chi connectivity index (χ2v) is 5.94. The van der Waals surface area contributed by atoms with Crippen molar-refractivity contribution in [2.75, 3.05) is 43.0 Å². The third kappa shape index (κ3) is 3.68. The Hall–Kier alpha value is -0.190. The number of halogens is 1. The number of anilines is 1. The Morgan fingerprint density at radius 2 is 2.00 bits per heavy atom. The van der Waals surface area contributed by atoms with Crippen molar-refractivity contribution in [2.45, 2.75) is 0 Å². The second kappa shape index (κ2) is 6.52. The van der Waals surface area contributed by atoms with E-state index in [1.165, 1.54) is 30.3 Å². The van der Waals surface area contributed by atoms with Gasteiger partial charge in [0.15, 0.2) is 0 Å². The van der Waals surface area contributed by atoms with Crippen molar-refractivity contribution in [1.29, 1.82) is 0 Å². The van der Waals surface area contributed by atoms with E-state index >= 15 is 0 Å². The van der Waals surface area contributed by atoms with Gasteiger partial charge < -0.3 is 5.32 Å². The minimum atomic E-state index is 1.02. The lowest BCUT2D eigenvalue weighted by molar-refractivity contribution is 0.314. The van der Waals surface area contributed by atoms with Crippen molar-refractivity contribution in [2.24, 2.45) is 0 Å².